The van der Waals surface area contributed by atoms with E-state index in [2.05, 4.69) is 32.9 Å². The van der Waals surface area contributed by atoms with E-state index >= 15 is 0 Å². The fraction of sp³-hybridized carbons (Fsp3) is 0.615. The maximum Gasteiger partial charge on any atom is 0.113 e. The van der Waals surface area contributed by atoms with E-state index in [1.165, 1.54) is 0 Å². The number of rotatable bonds is 0. The van der Waals surface area contributed by atoms with Gasteiger partial charge in [0.2, 0.25) is 0 Å². The fourth-order valence-electron chi connectivity index (χ4n) is 2.12. The molecule has 88 valence electrons. The van der Waals surface area contributed by atoms with E-state index in [9.17, 15) is 0 Å². The van der Waals surface area contributed by atoms with Crippen molar-refractivity contribution in [1.82, 2.24) is 0 Å². The maximum absolute atomic E-state index is 9.01. The first kappa shape index (κ1) is 11.2. The zero-order chi connectivity index (χ0) is 11.9. The number of furan rings is 1. The van der Waals surface area contributed by atoms with Crippen molar-refractivity contribution in [1.29, 1.82) is 0 Å². The van der Waals surface area contributed by atoms with Crippen LogP contribution in [0.5, 0.6) is 0 Å². The molecule has 2 rings (SSSR count). The minimum atomic E-state index is 0.00113. The van der Waals surface area contributed by atoms with Gasteiger partial charge in [0.15, 0.2) is 0 Å². The highest BCUT2D eigenvalue weighted by atomic mass is 16.4. The van der Waals surface area contributed by atoms with Gasteiger partial charge in [-0.25, -0.2) is 0 Å². The van der Waals surface area contributed by atoms with Gasteiger partial charge in [0.1, 0.15) is 11.5 Å². The Labute approximate surface area is 96.1 Å². The van der Waals surface area contributed by atoms with E-state index < -0.39 is 0 Å². The molecule has 0 aliphatic heterocycles. The molecule has 0 fully saturated rings. The van der Waals surface area contributed by atoms with E-state index in [4.69, 9.17) is 9.62 Å². The minimum Gasteiger partial charge on any atom is -0.465 e. The Kier molecular flexibility index (Phi) is 2.56. The topological polar surface area (TPSA) is 45.7 Å². The third-order valence-electron chi connectivity index (χ3n) is 3.06. The smallest absolute Gasteiger partial charge is 0.113 e. The van der Waals surface area contributed by atoms with Gasteiger partial charge in [-0.1, -0.05) is 32.9 Å². The fourth-order valence-corrected chi connectivity index (χ4v) is 2.12. The first-order valence-electron chi connectivity index (χ1n) is 5.76. The third kappa shape index (κ3) is 1.86. The van der Waals surface area contributed by atoms with Crippen LogP contribution in [0.25, 0.3) is 0 Å². The molecule has 0 saturated carbocycles. The molecule has 1 aliphatic rings. The van der Waals surface area contributed by atoms with Crippen LogP contribution < -0.4 is 0 Å². The van der Waals surface area contributed by atoms with Gasteiger partial charge in [-0.05, 0) is 18.4 Å². The lowest BCUT2D eigenvalue weighted by Crippen LogP contribution is -2.16. The molecule has 0 radical (unpaired) electrons. The molecule has 0 aromatic carbocycles. The molecule has 1 N–H and O–H groups in total. The van der Waals surface area contributed by atoms with E-state index in [0.29, 0.717) is 5.92 Å². The first-order valence-corrected chi connectivity index (χ1v) is 5.76. The Balaban J connectivity index is 2.47. The van der Waals surface area contributed by atoms with Gasteiger partial charge in [0.25, 0.3) is 0 Å². The van der Waals surface area contributed by atoms with Gasteiger partial charge in [0, 0.05) is 17.4 Å². The van der Waals surface area contributed by atoms with Crippen molar-refractivity contribution in [2.75, 3.05) is 0 Å². The quantitative estimate of drug-likeness (QED) is 0.539. The van der Waals surface area contributed by atoms with E-state index in [-0.39, 0.29) is 5.41 Å². The van der Waals surface area contributed by atoms with Crippen molar-refractivity contribution in [3.05, 3.63) is 23.2 Å². The largest absolute Gasteiger partial charge is 0.465 e. The van der Waals surface area contributed by atoms with Crippen LogP contribution >= 0.6 is 0 Å². The highest BCUT2D eigenvalue weighted by Crippen LogP contribution is 2.33. The van der Waals surface area contributed by atoms with Gasteiger partial charge in [-0.15, -0.1) is 0 Å². The summed E-state index contributed by atoms with van der Waals surface area (Å²) in [5, 5.41) is 12.4. The summed E-state index contributed by atoms with van der Waals surface area (Å²) in [6.07, 6.45) is 1.76. The second kappa shape index (κ2) is 3.65. The SMILES string of the molecule is CC1C/C(=N/O)c2cc(C(C)(C)C)oc2C1. The minimum absolute atomic E-state index is 0.00113. The van der Waals surface area contributed by atoms with Crippen molar-refractivity contribution >= 4 is 5.71 Å². The highest BCUT2D eigenvalue weighted by Gasteiger charge is 2.28. The lowest BCUT2D eigenvalue weighted by atomic mass is 9.87. The number of nitrogens with zero attached hydrogens (tertiary/aromatic N) is 1. The Hall–Kier alpha value is -1.25. The molecule has 1 aromatic heterocycles. The van der Waals surface area contributed by atoms with Crippen molar-refractivity contribution < 1.29 is 9.62 Å². The Morgan fingerprint density at radius 1 is 1.38 bits per heavy atom. The van der Waals surface area contributed by atoms with E-state index in [0.717, 1.165) is 35.6 Å². The summed E-state index contributed by atoms with van der Waals surface area (Å²) in [5.74, 6) is 2.42. The zero-order valence-corrected chi connectivity index (χ0v) is 10.4. The standard InChI is InChI=1S/C13H19NO2/c1-8-5-10(14-15)9-7-12(13(2,3)4)16-11(9)6-8/h7-8,15H,5-6H2,1-4H3/b14-10-. The first-order chi connectivity index (χ1) is 7.41. The molecular formula is C13H19NO2. The van der Waals surface area contributed by atoms with Crippen molar-refractivity contribution in [3.63, 3.8) is 0 Å². The number of hydrogen-bond acceptors (Lipinski definition) is 3. The molecule has 3 heteroatoms. The Morgan fingerprint density at radius 3 is 2.62 bits per heavy atom. The number of hydrogen-bond donors (Lipinski definition) is 1. The number of fused-ring (bicyclic) bond motifs is 1. The molecule has 0 bridgehead atoms. The summed E-state index contributed by atoms with van der Waals surface area (Å²) in [6, 6.07) is 2.02. The molecule has 0 saturated heterocycles. The van der Waals surface area contributed by atoms with E-state index in [1.807, 2.05) is 6.07 Å². The molecule has 1 heterocycles. The summed E-state index contributed by atoms with van der Waals surface area (Å²) < 4.78 is 5.88. The lowest BCUT2D eigenvalue weighted by Gasteiger charge is -2.17. The average Bonchev–Trinajstić information content (AvgIpc) is 2.59. The Morgan fingerprint density at radius 2 is 2.06 bits per heavy atom. The van der Waals surface area contributed by atoms with Crippen LogP contribution in [-0.2, 0) is 11.8 Å². The molecule has 1 unspecified atom stereocenters. The molecular weight excluding hydrogens is 202 g/mol. The van der Waals surface area contributed by atoms with Gasteiger partial charge >= 0.3 is 0 Å². The van der Waals surface area contributed by atoms with Crippen molar-refractivity contribution in [2.24, 2.45) is 11.1 Å². The van der Waals surface area contributed by atoms with Gasteiger partial charge in [0.05, 0.1) is 5.71 Å². The second-order valence-corrected chi connectivity index (χ2v) is 5.76. The van der Waals surface area contributed by atoms with Gasteiger partial charge in [-0.3, -0.25) is 0 Å². The second-order valence-electron chi connectivity index (χ2n) is 5.76. The van der Waals surface area contributed by atoms with Crippen LogP contribution in [-0.4, -0.2) is 10.9 Å². The summed E-state index contributed by atoms with van der Waals surface area (Å²) in [7, 11) is 0. The van der Waals surface area contributed by atoms with Gasteiger partial charge < -0.3 is 9.62 Å². The Bertz CT molecular complexity index is 424. The highest BCUT2D eigenvalue weighted by molar-refractivity contribution is 6.02. The van der Waals surface area contributed by atoms with Crippen LogP contribution in [0.2, 0.25) is 0 Å². The van der Waals surface area contributed by atoms with Crippen LogP contribution in [0, 0.1) is 5.92 Å². The number of oxime groups is 1. The lowest BCUT2D eigenvalue weighted by molar-refractivity contribution is 0.314. The van der Waals surface area contributed by atoms with Crippen LogP contribution in [0.15, 0.2) is 15.6 Å². The molecule has 3 nitrogen and oxygen atoms in total. The van der Waals surface area contributed by atoms with Crippen molar-refractivity contribution in [2.45, 2.75) is 46.0 Å². The van der Waals surface area contributed by atoms with Gasteiger partial charge in [-0.2, -0.15) is 0 Å². The summed E-state index contributed by atoms with van der Waals surface area (Å²) in [4.78, 5) is 0. The molecule has 0 amide bonds. The third-order valence-corrected chi connectivity index (χ3v) is 3.06. The average molecular weight is 221 g/mol. The van der Waals surface area contributed by atoms with Crippen LogP contribution in [0.3, 0.4) is 0 Å². The molecule has 16 heavy (non-hydrogen) atoms. The summed E-state index contributed by atoms with van der Waals surface area (Å²) >= 11 is 0. The van der Waals surface area contributed by atoms with Crippen LogP contribution in [0.4, 0.5) is 0 Å². The summed E-state index contributed by atoms with van der Waals surface area (Å²) in [5.41, 5.74) is 1.75. The predicted molar refractivity (Wildman–Crippen MR) is 63.2 cm³/mol. The normalized spacial score (nSPS) is 23.5. The molecule has 1 atom stereocenters. The van der Waals surface area contributed by atoms with Crippen LogP contribution in [0.1, 0.15) is 51.2 Å². The maximum atomic E-state index is 9.01. The monoisotopic (exact) mass is 221 g/mol. The molecule has 1 aliphatic carbocycles. The summed E-state index contributed by atoms with van der Waals surface area (Å²) in [6.45, 7) is 8.51. The molecule has 0 spiro atoms. The predicted octanol–water partition coefficient (Wildman–Crippen LogP) is 3.34. The van der Waals surface area contributed by atoms with Crippen molar-refractivity contribution in [3.8, 4) is 0 Å². The zero-order valence-electron chi connectivity index (χ0n) is 10.4. The molecule has 1 aromatic rings. The van der Waals surface area contributed by atoms with E-state index in [1.54, 1.807) is 0 Å².